The summed E-state index contributed by atoms with van der Waals surface area (Å²) in [5.41, 5.74) is 0.998. The lowest BCUT2D eigenvalue weighted by atomic mass is 10.0. The molecule has 0 spiro atoms. The van der Waals surface area contributed by atoms with Crippen molar-refractivity contribution in [1.82, 2.24) is 0 Å². The summed E-state index contributed by atoms with van der Waals surface area (Å²) in [7, 11) is 0. The third kappa shape index (κ3) is 3.17. The summed E-state index contributed by atoms with van der Waals surface area (Å²) in [5, 5.41) is 9.98. The molecule has 0 amide bonds. The number of aryl methyl sites for hydroxylation is 1. The molecule has 84 valence electrons. The number of hydrogen-bond acceptors (Lipinski definition) is 2. The molecule has 0 radical (unpaired) electrons. The second-order valence-electron chi connectivity index (χ2n) is 3.67. The molecule has 1 aromatic heterocycles. The average Bonchev–Trinajstić information content (AvgIpc) is 2.73. The number of aliphatic hydroxyl groups is 1. The van der Waals surface area contributed by atoms with Crippen LogP contribution in [0.2, 0.25) is 0 Å². The Hall–Kier alpha value is -0.640. The van der Waals surface area contributed by atoms with Crippen LogP contribution in [0.25, 0.3) is 0 Å². The molecule has 1 aromatic carbocycles. The quantitative estimate of drug-likeness (QED) is 0.897. The van der Waals surface area contributed by atoms with Crippen molar-refractivity contribution in [2.75, 3.05) is 0 Å². The zero-order chi connectivity index (χ0) is 11.4. The lowest BCUT2D eigenvalue weighted by Crippen LogP contribution is -1.98. The molecule has 0 aliphatic rings. The SMILES string of the molecule is OC(CCc1ccc(Br)s1)c1ccccc1. The number of hydrogen-bond donors (Lipinski definition) is 1. The lowest BCUT2D eigenvalue weighted by Gasteiger charge is -2.09. The van der Waals surface area contributed by atoms with E-state index in [-0.39, 0.29) is 6.10 Å². The molecule has 1 heterocycles. The van der Waals surface area contributed by atoms with E-state index >= 15 is 0 Å². The predicted molar refractivity (Wildman–Crippen MR) is 71.7 cm³/mol. The molecule has 0 fully saturated rings. The minimum atomic E-state index is -0.359. The number of rotatable bonds is 4. The van der Waals surface area contributed by atoms with Gasteiger partial charge in [-0.05, 0) is 46.5 Å². The molecule has 1 N–H and O–H groups in total. The molecular weight excluding hydrogens is 284 g/mol. The average molecular weight is 297 g/mol. The Bertz CT molecular complexity index is 438. The minimum absolute atomic E-state index is 0.359. The number of halogens is 1. The second-order valence-corrected chi connectivity index (χ2v) is 6.22. The van der Waals surface area contributed by atoms with Crippen LogP contribution >= 0.6 is 27.3 Å². The molecule has 1 atom stereocenters. The number of thiophene rings is 1. The first-order valence-corrected chi connectivity index (χ1v) is 6.84. The molecule has 2 aromatic rings. The van der Waals surface area contributed by atoms with Gasteiger partial charge in [0.2, 0.25) is 0 Å². The maximum Gasteiger partial charge on any atom is 0.0793 e. The van der Waals surface area contributed by atoms with Crippen LogP contribution in [0.1, 0.15) is 23.0 Å². The molecule has 0 saturated heterocycles. The Morgan fingerprint density at radius 1 is 1.12 bits per heavy atom. The summed E-state index contributed by atoms with van der Waals surface area (Å²) in [6.45, 7) is 0. The Balaban J connectivity index is 1.91. The van der Waals surface area contributed by atoms with Crippen LogP contribution in [-0.4, -0.2) is 5.11 Å². The van der Waals surface area contributed by atoms with E-state index in [9.17, 15) is 5.11 Å². The van der Waals surface area contributed by atoms with E-state index in [2.05, 4.69) is 28.1 Å². The van der Waals surface area contributed by atoms with Crippen LogP contribution in [0.3, 0.4) is 0 Å². The summed E-state index contributed by atoms with van der Waals surface area (Å²) in [6, 6.07) is 14.0. The van der Waals surface area contributed by atoms with E-state index in [4.69, 9.17) is 0 Å². The summed E-state index contributed by atoms with van der Waals surface area (Å²) in [5.74, 6) is 0. The lowest BCUT2D eigenvalue weighted by molar-refractivity contribution is 0.168. The Kier molecular flexibility index (Phi) is 4.16. The van der Waals surface area contributed by atoms with Gasteiger partial charge < -0.3 is 5.11 Å². The summed E-state index contributed by atoms with van der Waals surface area (Å²) in [6.07, 6.45) is 1.34. The van der Waals surface area contributed by atoms with Gasteiger partial charge in [0.25, 0.3) is 0 Å². The van der Waals surface area contributed by atoms with Crippen molar-refractivity contribution in [2.45, 2.75) is 18.9 Å². The Labute approximate surface area is 108 Å². The molecule has 3 heteroatoms. The Morgan fingerprint density at radius 3 is 2.50 bits per heavy atom. The molecule has 2 rings (SSSR count). The molecule has 0 aliphatic carbocycles. The normalized spacial score (nSPS) is 12.6. The predicted octanol–water partition coefficient (Wildman–Crippen LogP) is 4.18. The third-order valence-electron chi connectivity index (χ3n) is 2.48. The molecule has 1 nitrogen and oxygen atoms in total. The van der Waals surface area contributed by atoms with Gasteiger partial charge in [-0.1, -0.05) is 30.3 Å². The fraction of sp³-hybridized carbons (Fsp3) is 0.231. The van der Waals surface area contributed by atoms with Gasteiger partial charge in [0.1, 0.15) is 0 Å². The van der Waals surface area contributed by atoms with Crippen LogP contribution in [0, 0.1) is 0 Å². The van der Waals surface area contributed by atoms with E-state index in [0.717, 1.165) is 22.2 Å². The first-order chi connectivity index (χ1) is 7.75. The smallest absolute Gasteiger partial charge is 0.0793 e. The summed E-state index contributed by atoms with van der Waals surface area (Å²) in [4.78, 5) is 1.31. The second kappa shape index (κ2) is 5.62. The van der Waals surface area contributed by atoms with E-state index < -0.39 is 0 Å². The monoisotopic (exact) mass is 296 g/mol. The zero-order valence-electron chi connectivity index (χ0n) is 8.77. The van der Waals surface area contributed by atoms with E-state index in [0.29, 0.717) is 0 Å². The minimum Gasteiger partial charge on any atom is -0.388 e. The van der Waals surface area contributed by atoms with Crippen LogP contribution in [0.5, 0.6) is 0 Å². The highest BCUT2D eigenvalue weighted by molar-refractivity contribution is 9.11. The number of aliphatic hydroxyl groups excluding tert-OH is 1. The topological polar surface area (TPSA) is 20.2 Å². The van der Waals surface area contributed by atoms with Crippen molar-refractivity contribution >= 4 is 27.3 Å². The molecular formula is C13H13BrOS. The van der Waals surface area contributed by atoms with E-state index in [1.54, 1.807) is 11.3 Å². The van der Waals surface area contributed by atoms with Gasteiger partial charge >= 0.3 is 0 Å². The molecule has 16 heavy (non-hydrogen) atoms. The fourth-order valence-corrected chi connectivity index (χ4v) is 3.11. The standard InChI is InChI=1S/C13H13BrOS/c14-13-9-7-11(16-13)6-8-12(15)10-4-2-1-3-5-10/h1-5,7,9,12,15H,6,8H2. The van der Waals surface area contributed by atoms with Gasteiger partial charge in [0, 0.05) is 4.88 Å². The fourth-order valence-electron chi connectivity index (χ4n) is 1.61. The van der Waals surface area contributed by atoms with Crippen LogP contribution in [0.15, 0.2) is 46.3 Å². The first-order valence-electron chi connectivity index (χ1n) is 5.23. The summed E-state index contributed by atoms with van der Waals surface area (Å²) < 4.78 is 1.15. The van der Waals surface area contributed by atoms with Crippen molar-refractivity contribution in [3.05, 3.63) is 56.7 Å². The van der Waals surface area contributed by atoms with Crippen LogP contribution in [0.4, 0.5) is 0 Å². The third-order valence-corrected chi connectivity index (χ3v) is 4.16. The first kappa shape index (κ1) is 11.8. The maximum atomic E-state index is 9.98. The highest BCUT2D eigenvalue weighted by Crippen LogP contribution is 2.25. The highest BCUT2D eigenvalue weighted by atomic mass is 79.9. The van der Waals surface area contributed by atoms with Crippen molar-refractivity contribution in [3.63, 3.8) is 0 Å². The van der Waals surface area contributed by atoms with Crippen molar-refractivity contribution in [3.8, 4) is 0 Å². The van der Waals surface area contributed by atoms with Gasteiger partial charge in [0.05, 0.1) is 9.89 Å². The van der Waals surface area contributed by atoms with Crippen molar-refractivity contribution in [2.24, 2.45) is 0 Å². The van der Waals surface area contributed by atoms with Gasteiger partial charge in [-0.3, -0.25) is 0 Å². The number of benzene rings is 1. The van der Waals surface area contributed by atoms with Crippen LogP contribution in [-0.2, 0) is 6.42 Å². The van der Waals surface area contributed by atoms with Crippen molar-refractivity contribution < 1.29 is 5.11 Å². The van der Waals surface area contributed by atoms with E-state index in [1.807, 2.05) is 30.3 Å². The molecule has 1 unspecified atom stereocenters. The van der Waals surface area contributed by atoms with Gasteiger partial charge in [0.15, 0.2) is 0 Å². The Morgan fingerprint density at radius 2 is 1.88 bits per heavy atom. The zero-order valence-corrected chi connectivity index (χ0v) is 11.2. The van der Waals surface area contributed by atoms with Gasteiger partial charge in [-0.2, -0.15) is 0 Å². The van der Waals surface area contributed by atoms with Gasteiger partial charge in [-0.15, -0.1) is 11.3 Å². The molecule has 0 aliphatic heterocycles. The molecule has 0 bridgehead atoms. The maximum absolute atomic E-state index is 9.98. The summed E-state index contributed by atoms with van der Waals surface area (Å²) >= 11 is 5.17. The van der Waals surface area contributed by atoms with Crippen LogP contribution < -0.4 is 0 Å². The van der Waals surface area contributed by atoms with Crippen molar-refractivity contribution in [1.29, 1.82) is 0 Å². The molecule has 0 saturated carbocycles. The van der Waals surface area contributed by atoms with E-state index in [1.165, 1.54) is 4.88 Å². The van der Waals surface area contributed by atoms with Gasteiger partial charge in [-0.25, -0.2) is 0 Å². The largest absolute Gasteiger partial charge is 0.388 e. The highest BCUT2D eigenvalue weighted by Gasteiger charge is 2.07.